The van der Waals surface area contributed by atoms with Crippen molar-refractivity contribution < 1.29 is 28.6 Å². The third kappa shape index (κ3) is 5.94. The monoisotopic (exact) mass is 364 g/mol. The van der Waals surface area contributed by atoms with E-state index in [9.17, 15) is 14.4 Å². The smallest absolute Gasteiger partial charge is 0.325 e. The van der Waals surface area contributed by atoms with E-state index in [0.29, 0.717) is 17.4 Å². The normalized spacial score (nSPS) is 14.1. The highest BCUT2D eigenvalue weighted by molar-refractivity contribution is 5.96. The summed E-state index contributed by atoms with van der Waals surface area (Å²) in [4.78, 5) is 35.5. The zero-order valence-corrected chi connectivity index (χ0v) is 15.2. The third-order valence-electron chi connectivity index (χ3n) is 4.09. The van der Waals surface area contributed by atoms with Crippen molar-refractivity contribution in [1.82, 2.24) is 10.6 Å². The fourth-order valence-corrected chi connectivity index (χ4v) is 2.40. The lowest BCUT2D eigenvalue weighted by Gasteiger charge is -2.13. The number of hydrogen-bond donors (Lipinski definition) is 2. The Balaban J connectivity index is 1.75. The highest BCUT2D eigenvalue weighted by atomic mass is 16.5. The number of methoxy groups -OCH3 is 2. The van der Waals surface area contributed by atoms with Crippen molar-refractivity contribution in [3.8, 4) is 11.5 Å². The van der Waals surface area contributed by atoms with Gasteiger partial charge in [-0.1, -0.05) is 0 Å². The van der Waals surface area contributed by atoms with Crippen LogP contribution in [0.25, 0.3) is 0 Å². The Morgan fingerprint density at radius 2 is 1.73 bits per heavy atom. The second kappa shape index (κ2) is 9.07. The minimum absolute atomic E-state index is 0.0870. The molecule has 1 aromatic carbocycles. The van der Waals surface area contributed by atoms with E-state index in [0.717, 1.165) is 12.8 Å². The summed E-state index contributed by atoms with van der Waals surface area (Å²) in [5.41, 5.74) is 0.282. The molecule has 0 aliphatic heterocycles. The van der Waals surface area contributed by atoms with Crippen LogP contribution in [0.2, 0.25) is 0 Å². The van der Waals surface area contributed by atoms with Gasteiger partial charge in [-0.05, 0) is 37.8 Å². The van der Waals surface area contributed by atoms with E-state index >= 15 is 0 Å². The topological polar surface area (TPSA) is 103 Å². The van der Waals surface area contributed by atoms with Crippen molar-refractivity contribution in [3.05, 3.63) is 23.8 Å². The van der Waals surface area contributed by atoms with Gasteiger partial charge in [0.1, 0.15) is 18.0 Å². The van der Waals surface area contributed by atoms with Crippen LogP contribution >= 0.6 is 0 Å². The number of nitrogens with one attached hydrogen (secondary N) is 2. The predicted molar refractivity (Wildman–Crippen MR) is 93.2 cm³/mol. The lowest BCUT2D eigenvalue weighted by Crippen LogP contribution is -2.38. The number of hydrogen-bond acceptors (Lipinski definition) is 6. The van der Waals surface area contributed by atoms with Crippen LogP contribution in [-0.4, -0.2) is 51.2 Å². The van der Waals surface area contributed by atoms with Gasteiger partial charge >= 0.3 is 5.97 Å². The largest absolute Gasteiger partial charge is 0.497 e. The molecule has 2 amide bonds. The number of esters is 1. The molecule has 2 rings (SSSR count). The van der Waals surface area contributed by atoms with E-state index in [1.807, 2.05) is 6.92 Å². The van der Waals surface area contributed by atoms with Gasteiger partial charge in [-0.2, -0.15) is 0 Å². The molecule has 0 aromatic heterocycles. The Hall–Kier alpha value is -2.77. The summed E-state index contributed by atoms with van der Waals surface area (Å²) in [5, 5.41) is 5.22. The van der Waals surface area contributed by atoms with Crippen LogP contribution < -0.4 is 20.1 Å². The van der Waals surface area contributed by atoms with Gasteiger partial charge in [0, 0.05) is 17.7 Å². The molecule has 1 aromatic rings. The van der Waals surface area contributed by atoms with Gasteiger partial charge in [-0.25, -0.2) is 0 Å². The Bertz CT molecular complexity index is 649. The maximum atomic E-state index is 12.1. The average Bonchev–Trinajstić information content (AvgIpc) is 3.49. The third-order valence-corrected chi connectivity index (χ3v) is 4.09. The van der Waals surface area contributed by atoms with Gasteiger partial charge in [0.15, 0.2) is 6.61 Å². The van der Waals surface area contributed by atoms with E-state index < -0.39 is 11.9 Å². The molecule has 1 aliphatic carbocycles. The van der Waals surface area contributed by atoms with E-state index in [-0.39, 0.29) is 30.7 Å². The molecule has 2 N–H and O–H groups in total. The van der Waals surface area contributed by atoms with Crippen LogP contribution in [0.1, 0.15) is 30.1 Å². The van der Waals surface area contributed by atoms with E-state index in [2.05, 4.69) is 10.6 Å². The van der Waals surface area contributed by atoms with Crippen LogP contribution in [-0.2, 0) is 14.3 Å². The number of amides is 2. The first kappa shape index (κ1) is 19.6. The first-order chi connectivity index (χ1) is 12.4. The molecule has 1 fully saturated rings. The lowest BCUT2D eigenvalue weighted by molar-refractivity contribution is -0.147. The molecule has 0 heterocycles. The fourth-order valence-electron chi connectivity index (χ4n) is 2.40. The summed E-state index contributed by atoms with van der Waals surface area (Å²) in [5.74, 6) is -0.0825. The molecule has 0 spiro atoms. The minimum atomic E-state index is -0.692. The van der Waals surface area contributed by atoms with Gasteiger partial charge in [0.05, 0.1) is 14.2 Å². The van der Waals surface area contributed by atoms with Gasteiger partial charge in [0.25, 0.3) is 11.8 Å². The standard InChI is InChI=1S/C18H24N2O6/c1-11(12-4-5-12)20-16(21)10-26-17(22)9-19-18(23)13-6-14(24-2)8-15(7-13)25-3/h6-8,11-12H,4-5,9-10H2,1-3H3,(H,19,23)(H,20,21)/t11-/m1/s1. The summed E-state index contributed by atoms with van der Waals surface area (Å²) < 4.78 is 15.1. The summed E-state index contributed by atoms with van der Waals surface area (Å²) in [6.45, 7) is 1.22. The maximum absolute atomic E-state index is 12.1. The number of ether oxygens (including phenoxy) is 3. The Morgan fingerprint density at radius 1 is 1.12 bits per heavy atom. The lowest BCUT2D eigenvalue weighted by atomic mass is 10.2. The first-order valence-corrected chi connectivity index (χ1v) is 8.39. The van der Waals surface area contributed by atoms with Crippen molar-refractivity contribution in [2.45, 2.75) is 25.8 Å². The van der Waals surface area contributed by atoms with E-state index in [4.69, 9.17) is 14.2 Å². The van der Waals surface area contributed by atoms with Crippen LogP contribution in [0.15, 0.2) is 18.2 Å². The highest BCUT2D eigenvalue weighted by Crippen LogP contribution is 2.32. The quantitative estimate of drug-likeness (QED) is 0.631. The van der Waals surface area contributed by atoms with Crippen LogP contribution in [0.3, 0.4) is 0 Å². The van der Waals surface area contributed by atoms with Crippen LogP contribution in [0.5, 0.6) is 11.5 Å². The maximum Gasteiger partial charge on any atom is 0.325 e. The molecule has 0 radical (unpaired) electrons. The van der Waals surface area contributed by atoms with Crippen molar-refractivity contribution in [2.24, 2.45) is 5.92 Å². The molecule has 1 atom stereocenters. The highest BCUT2D eigenvalue weighted by Gasteiger charge is 2.28. The fraction of sp³-hybridized carbons (Fsp3) is 0.500. The second-order valence-corrected chi connectivity index (χ2v) is 6.14. The molecule has 1 saturated carbocycles. The average molecular weight is 364 g/mol. The van der Waals surface area contributed by atoms with Crippen LogP contribution in [0, 0.1) is 5.92 Å². The van der Waals surface area contributed by atoms with Crippen molar-refractivity contribution >= 4 is 17.8 Å². The number of rotatable bonds is 9. The molecule has 8 heteroatoms. The number of benzene rings is 1. The second-order valence-electron chi connectivity index (χ2n) is 6.14. The molecule has 0 bridgehead atoms. The van der Waals surface area contributed by atoms with Gasteiger partial charge in [-0.3, -0.25) is 14.4 Å². The van der Waals surface area contributed by atoms with E-state index in [1.54, 1.807) is 6.07 Å². The summed E-state index contributed by atoms with van der Waals surface area (Å²) in [6.07, 6.45) is 2.23. The SMILES string of the molecule is COc1cc(OC)cc(C(=O)NCC(=O)OCC(=O)N[C@H](C)C2CC2)c1. The van der Waals surface area contributed by atoms with Gasteiger partial charge < -0.3 is 24.8 Å². The predicted octanol–water partition coefficient (Wildman–Crippen LogP) is 0.891. The van der Waals surface area contributed by atoms with E-state index in [1.165, 1.54) is 26.4 Å². The van der Waals surface area contributed by atoms with Gasteiger partial charge in [-0.15, -0.1) is 0 Å². The van der Waals surface area contributed by atoms with Crippen molar-refractivity contribution in [2.75, 3.05) is 27.4 Å². The summed E-state index contributed by atoms with van der Waals surface area (Å²) >= 11 is 0. The molecular weight excluding hydrogens is 340 g/mol. The molecule has 0 unspecified atom stereocenters. The Labute approximate surface area is 152 Å². The zero-order chi connectivity index (χ0) is 19.1. The van der Waals surface area contributed by atoms with Crippen molar-refractivity contribution in [3.63, 3.8) is 0 Å². The molecule has 26 heavy (non-hydrogen) atoms. The molecule has 8 nitrogen and oxygen atoms in total. The molecular formula is C18H24N2O6. The minimum Gasteiger partial charge on any atom is -0.497 e. The molecule has 1 aliphatic rings. The van der Waals surface area contributed by atoms with Crippen LogP contribution in [0.4, 0.5) is 0 Å². The first-order valence-electron chi connectivity index (χ1n) is 8.39. The van der Waals surface area contributed by atoms with Crippen molar-refractivity contribution in [1.29, 1.82) is 0 Å². The molecule has 0 saturated heterocycles. The summed E-state index contributed by atoms with van der Waals surface area (Å²) in [6, 6.07) is 4.77. The number of carbonyl (C=O) groups is 3. The summed E-state index contributed by atoms with van der Waals surface area (Å²) in [7, 11) is 2.95. The Kier molecular flexibility index (Phi) is 6.82. The molecule has 142 valence electrons. The zero-order valence-electron chi connectivity index (χ0n) is 15.2. The number of carbonyl (C=O) groups excluding carboxylic acids is 3. The Morgan fingerprint density at radius 3 is 2.27 bits per heavy atom. The van der Waals surface area contributed by atoms with Gasteiger partial charge in [0.2, 0.25) is 0 Å².